The molecule has 0 radical (unpaired) electrons. The van der Waals surface area contributed by atoms with E-state index in [1.54, 1.807) is 4.68 Å². The van der Waals surface area contributed by atoms with E-state index in [4.69, 9.17) is 4.52 Å². The third-order valence-electron chi connectivity index (χ3n) is 4.52. The second-order valence-corrected chi connectivity index (χ2v) is 7.17. The Labute approximate surface area is 149 Å². The Bertz CT molecular complexity index is 718. The summed E-state index contributed by atoms with van der Waals surface area (Å²) in [7, 11) is 0. The number of hydrogen-bond acceptors (Lipinski definition) is 5. The first-order valence-corrected chi connectivity index (χ1v) is 9.14. The van der Waals surface area contributed by atoms with Crippen molar-refractivity contribution >= 4 is 21.8 Å². The molecule has 0 aromatic carbocycles. The van der Waals surface area contributed by atoms with Crippen molar-refractivity contribution in [2.45, 2.75) is 52.5 Å². The first-order chi connectivity index (χ1) is 11.5. The maximum absolute atomic E-state index is 12.1. The van der Waals surface area contributed by atoms with Crippen LogP contribution in [0.25, 0.3) is 0 Å². The lowest BCUT2D eigenvalue weighted by molar-refractivity contribution is 0.0899. The maximum Gasteiger partial charge on any atom is 0.316 e. The molecule has 0 unspecified atom stereocenters. The number of carbonyl (C=O) groups excluding carboxylic acids is 1. The van der Waals surface area contributed by atoms with E-state index in [1.165, 1.54) is 32.1 Å². The minimum absolute atomic E-state index is 0.0152. The van der Waals surface area contributed by atoms with Gasteiger partial charge in [0.1, 0.15) is 6.54 Å². The zero-order chi connectivity index (χ0) is 17.1. The van der Waals surface area contributed by atoms with Crippen molar-refractivity contribution in [1.82, 2.24) is 25.2 Å². The van der Waals surface area contributed by atoms with Crippen molar-refractivity contribution in [1.29, 1.82) is 0 Å². The van der Waals surface area contributed by atoms with Crippen molar-refractivity contribution in [2.75, 3.05) is 6.54 Å². The molecule has 0 atom stereocenters. The van der Waals surface area contributed by atoms with E-state index in [0.29, 0.717) is 24.8 Å². The fourth-order valence-electron chi connectivity index (χ4n) is 3.08. The number of aryl methyl sites for hydroxylation is 1. The molecule has 8 heteroatoms. The molecule has 2 heterocycles. The summed E-state index contributed by atoms with van der Waals surface area (Å²) in [6.45, 7) is 4.94. The molecule has 0 saturated heterocycles. The molecule has 1 aliphatic rings. The minimum atomic E-state index is -0.297. The first-order valence-electron chi connectivity index (χ1n) is 8.35. The van der Waals surface area contributed by atoms with Gasteiger partial charge in [0.15, 0.2) is 5.82 Å². The predicted octanol–water partition coefficient (Wildman–Crippen LogP) is 3.00. The van der Waals surface area contributed by atoms with Gasteiger partial charge < -0.3 is 9.84 Å². The highest BCUT2D eigenvalue weighted by Crippen LogP contribution is 2.23. The van der Waals surface area contributed by atoms with E-state index < -0.39 is 0 Å². The standard InChI is InChI=1S/C16H22BrN5O2/c1-10-14(17)11(2)22(20-10)9-13-19-16(24-21-13)15(23)18-8-12-6-4-3-5-7-12/h12H,3-9H2,1-2H3,(H,18,23). The van der Waals surface area contributed by atoms with Crippen LogP contribution in [0.2, 0.25) is 0 Å². The van der Waals surface area contributed by atoms with E-state index in [0.717, 1.165) is 15.9 Å². The summed E-state index contributed by atoms with van der Waals surface area (Å²) in [4.78, 5) is 16.3. The van der Waals surface area contributed by atoms with Crippen molar-refractivity contribution in [3.63, 3.8) is 0 Å². The number of aromatic nitrogens is 4. The summed E-state index contributed by atoms with van der Waals surface area (Å²) >= 11 is 3.49. The van der Waals surface area contributed by atoms with Gasteiger partial charge in [0, 0.05) is 6.54 Å². The summed E-state index contributed by atoms with van der Waals surface area (Å²) < 4.78 is 7.84. The molecule has 1 N–H and O–H groups in total. The fraction of sp³-hybridized carbons (Fsp3) is 0.625. The van der Waals surface area contributed by atoms with Crippen LogP contribution in [0, 0.1) is 19.8 Å². The summed E-state index contributed by atoms with van der Waals surface area (Å²) in [6, 6.07) is 0. The first kappa shape index (κ1) is 17.1. The molecular formula is C16H22BrN5O2. The number of nitrogens with one attached hydrogen (secondary N) is 1. The molecule has 0 spiro atoms. The van der Waals surface area contributed by atoms with Gasteiger partial charge in [-0.3, -0.25) is 9.48 Å². The number of hydrogen-bond donors (Lipinski definition) is 1. The second kappa shape index (κ2) is 7.46. The quantitative estimate of drug-likeness (QED) is 0.840. The molecule has 3 rings (SSSR count). The number of halogens is 1. The Balaban J connectivity index is 1.58. The van der Waals surface area contributed by atoms with Crippen LogP contribution in [0.5, 0.6) is 0 Å². The average molecular weight is 396 g/mol. The van der Waals surface area contributed by atoms with Crippen LogP contribution in [0.1, 0.15) is 60.0 Å². The van der Waals surface area contributed by atoms with Gasteiger partial charge in [-0.2, -0.15) is 10.1 Å². The zero-order valence-corrected chi connectivity index (χ0v) is 15.6. The molecule has 1 amide bonds. The molecule has 0 bridgehead atoms. The van der Waals surface area contributed by atoms with Gasteiger partial charge in [0.05, 0.1) is 15.9 Å². The molecule has 1 fully saturated rings. The highest BCUT2D eigenvalue weighted by atomic mass is 79.9. The van der Waals surface area contributed by atoms with Gasteiger partial charge >= 0.3 is 11.8 Å². The molecular weight excluding hydrogens is 374 g/mol. The largest absolute Gasteiger partial charge is 0.348 e. The molecule has 1 aliphatic carbocycles. The van der Waals surface area contributed by atoms with E-state index in [1.807, 2.05) is 13.8 Å². The Hall–Kier alpha value is -1.70. The summed E-state index contributed by atoms with van der Waals surface area (Å²) in [6.07, 6.45) is 6.18. The Kier molecular flexibility index (Phi) is 5.33. The zero-order valence-electron chi connectivity index (χ0n) is 14.0. The molecule has 2 aromatic rings. The Morgan fingerprint density at radius 3 is 2.75 bits per heavy atom. The van der Waals surface area contributed by atoms with Crippen molar-refractivity contribution in [2.24, 2.45) is 5.92 Å². The average Bonchev–Trinajstić information content (AvgIpc) is 3.15. The Morgan fingerprint density at radius 2 is 2.08 bits per heavy atom. The van der Waals surface area contributed by atoms with Gasteiger partial charge in [-0.25, -0.2) is 0 Å². The van der Waals surface area contributed by atoms with E-state index >= 15 is 0 Å². The summed E-state index contributed by atoms with van der Waals surface area (Å²) in [5.41, 5.74) is 1.89. The summed E-state index contributed by atoms with van der Waals surface area (Å²) in [5, 5.41) is 11.2. The monoisotopic (exact) mass is 395 g/mol. The van der Waals surface area contributed by atoms with Crippen LogP contribution in [0.4, 0.5) is 0 Å². The van der Waals surface area contributed by atoms with Gasteiger partial charge in [0.2, 0.25) is 0 Å². The number of carbonyl (C=O) groups is 1. The highest BCUT2D eigenvalue weighted by molar-refractivity contribution is 9.10. The van der Waals surface area contributed by atoms with Crippen LogP contribution in [0.15, 0.2) is 9.00 Å². The second-order valence-electron chi connectivity index (χ2n) is 6.37. The highest BCUT2D eigenvalue weighted by Gasteiger charge is 2.19. The molecule has 2 aromatic heterocycles. The number of amides is 1. The van der Waals surface area contributed by atoms with Crippen LogP contribution in [-0.2, 0) is 6.54 Å². The van der Waals surface area contributed by atoms with E-state index in [-0.39, 0.29) is 11.8 Å². The van der Waals surface area contributed by atoms with Crippen LogP contribution < -0.4 is 5.32 Å². The van der Waals surface area contributed by atoms with E-state index in [9.17, 15) is 4.79 Å². The van der Waals surface area contributed by atoms with E-state index in [2.05, 4.69) is 36.5 Å². The lowest BCUT2D eigenvalue weighted by Crippen LogP contribution is -2.30. The number of nitrogens with zero attached hydrogens (tertiary/aromatic N) is 4. The molecule has 7 nitrogen and oxygen atoms in total. The minimum Gasteiger partial charge on any atom is -0.348 e. The van der Waals surface area contributed by atoms with Gasteiger partial charge in [0.25, 0.3) is 0 Å². The molecule has 0 aliphatic heterocycles. The lowest BCUT2D eigenvalue weighted by atomic mass is 9.89. The third kappa shape index (κ3) is 3.85. The normalized spacial score (nSPS) is 15.6. The maximum atomic E-state index is 12.1. The van der Waals surface area contributed by atoms with Crippen molar-refractivity contribution in [3.8, 4) is 0 Å². The fourth-order valence-corrected chi connectivity index (χ4v) is 3.36. The molecule has 1 saturated carbocycles. The Morgan fingerprint density at radius 1 is 1.33 bits per heavy atom. The van der Waals surface area contributed by atoms with Crippen molar-refractivity contribution in [3.05, 3.63) is 27.6 Å². The predicted molar refractivity (Wildman–Crippen MR) is 91.7 cm³/mol. The van der Waals surface area contributed by atoms with Gasteiger partial charge in [-0.1, -0.05) is 24.4 Å². The molecule has 130 valence electrons. The van der Waals surface area contributed by atoms with Crippen LogP contribution in [-0.4, -0.2) is 32.4 Å². The van der Waals surface area contributed by atoms with Gasteiger partial charge in [-0.05, 0) is 48.5 Å². The van der Waals surface area contributed by atoms with Crippen molar-refractivity contribution < 1.29 is 9.32 Å². The summed E-state index contributed by atoms with van der Waals surface area (Å²) in [5.74, 6) is 0.725. The topological polar surface area (TPSA) is 85.8 Å². The third-order valence-corrected chi connectivity index (χ3v) is 5.67. The smallest absolute Gasteiger partial charge is 0.316 e. The van der Waals surface area contributed by atoms with Crippen LogP contribution in [0.3, 0.4) is 0 Å². The lowest BCUT2D eigenvalue weighted by Gasteiger charge is -2.21. The van der Waals surface area contributed by atoms with Crippen LogP contribution >= 0.6 is 15.9 Å². The van der Waals surface area contributed by atoms with Gasteiger partial charge in [-0.15, -0.1) is 0 Å². The molecule has 24 heavy (non-hydrogen) atoms. The number of rotatable bonds is 5. The SMILES string of the molecule is Cc1nn(Cc2noc(C(=O)NCC3CCCCC3)n2)c(C)c1Br.